The van der Waals surface area contributed by atoms with Crippen LogP contribution in [0.4, 0.5) is 0 Å². The Morgan fingerprint density at radius 2 is 2.00 bits per heavy atom. The van der Waals surface area contributed by atoms with Gasteiger partial charge in [0.1, 0.15) is 5.75 Å². The van der Waals surface area contributed by atoms with E-state index in [1.807, 2.05) is 6.92 Å². The Balaban J connectivity index is 2.43. The molecule has 1 aromatic rings. The first-order valence-corrected chi connectivity index (χ1v) is 4.38. The molecule has 1 aliphatic rings. The van der Waals surface area contributed by atoms with Crippen LogP contribution in [0, 0.1) is 0 Å². The van der Waals surface area contributed by atoms with Crippen LogP contribution in [-0.2, 0) is 6.42 Å². The number of phenols is 2. The van der Waals surface area contributed by atoms with E-state index in [0.29, 0.717) is 5.75 Å². The molecule has 0 bridgehead atoms. The average Bonchev–Trinajstić information content (AvgIpc) is 2.08. The van der Waals surface area contributed by atoms with Crippen LogP contribution in [0.3, 0.4) is 0 Å². The zero-order valence-corrected chi connectivity index (χ0v) is 7.45. The van der Waals surface area contributed by atoms with E-state index in [4.69, 9.17) is 4.74 Å². The van der Waals surface area contributed by atoms with Gasteiger partial charge >= 0.3 is 0 Å². The van der Waals surface area contributed by atoms with E-state index < -0.39 is 0 Å². The van der Waals surface area contributed by atoms with Gasteiger partial charge in [-0.25, -0.2) is 0 Å². The van der Waals surface area contributed by atoms with Crippen LogP contribution in [0.5, 0.6) is 17.2 Å². The Kier molecular flexibility index (Phi) is 1.79. The second-order valence-corrected chi connectivity index (χ2v) is 3.42. The molecule has 1 aliphatic heterocycles. The largest absolute Gasteiger partial charge is 0.504 e. The van der Waals surface area contributed by atoms with Crippen molar-refractivity contribution in [2.45, 2.75) is 25.9 Å². The lowest BCUT2D eigenvalue weighted by molar-refractivity contribution is 0.191. The molecule has 0 fully saturated rings. The first-order valence-electron chi connectivity index (χ1n) is 4.38. The molecule has 70 valence electrons. The average molecular weight is 180 g/mol. The number of aryl methyl sites for hydroxylation is 1. The molecule has 1 unspecified atom stereocenters. The summed E-state index contributed by atoms with van der Waals surface area (Å²) >= 11 is 0. The van der Waals surface area contributed by atoms with Crippen molar-refractivity contribution < 1.29 is 14.9 Å². The van der Waals surface area contributed by atoms with Gasteiger partial charge in [-0.15, -0.1) is 0 Å². The van der Waals surface area contributed by atoms with Gasteiger partial charge in [0.2, 0.25) is 0 Å². The molecule has 0 aliphatic carbocycles. The van der Waals surface area contributed by atoms with Crippen molar-refractivity contribution in [1.29, 1.82) is 0 Å². The van der Waals surface area contributed by atoms with E-state index in [0.717, 1.165) is 18.4 Å². The molecule has 1 atom stereocenters. The molecule has 0 radical (unpaired) electrons. The molecule has 0 aromatic heterocycles. The van der Waals surface area contributed by atoms with Gasteiger partial charge < -0.3 is 14.9 Å². The zero-order chi connectivity index (χ0) is 9.42. The minimum Gasteiger partial charge on any atom is -0.504 e. The minimum atomic E-state index is -0.118. The van der Waals surface area contributed by atoms with Crippen molar-refractivity contribution in [2.24, 2.45) is 0 Å². The predicted octanol–water partition coefficient (Wildman–Crippen LogP) is 1.81. The highest BCUT2D eigenvalue weighted by molar-refractivity contribution is 5.49. The SMILES string of the molecule is CC1CCc2cc(O)c(O)cc2O1. The van der Waals surface area contributed by atoms with Crippen LogP contribution in [0.15, 0.2) is 12.1 Å². The van der Waals surface area contributed by atoms with Crippen LogP contribution in [0.1, 0.15) is 18.9 Å². The monoisotopic (exact) mass is 180 g/mol. The van der Waals surface area contributed by atoms with Gasteiger partial charge in [-0.1, -0.05) is 0 Å². The third-order valence-corrected chi connectivity index (χ3v) is 2.31. The Hall–Kier alpha value is -1.38. The molecule has 0 spiro atoms. The summed E-state index contributed by atoms with van der Waals surface area (Å²) < 4.78 is 5.50. The third-order valence-electron chi connectivity index (χ3n) is 2.31. The molecule has 13 heavy (non-hydrogen) atoms. The number of hydrogen-bond acceptors (Lipinski definition) is 3. The topological polar surface area (TPSA) is 49.7 Å². The number of benzene rings is 1. The number of hydrogen-bond donors (Lipinski definition) is 2. The van der Waals surface area contributed by atoms with Crippen LogP contribution < -0.4 is 4.74 Å². The Bertz CT molecular complexity index is 333. The molecule has 2 rings (SSSR count). The third kappa shape index (κ3) is 1.41. The summed E-state index contributed by atoms with van der Waals surface area (Å²) in [7, 11) is 0. The zero-order valence-electron chi connectivity index (χ0n) is 7.45. The van der Waals surface area contributed by atoms with Crippen molar-refractivity contribution in [1.82, 2.24) is 0 Å². The molecule has 0 saturated carbocycles. The number of aromatic hydroxyl groups is 2. The number of phenolic OH excluding ortho intramolecular Hbond substituents is 2. The summed E-state index contributed by atoms with van der Waals surface area (Å²) in [4.78, 5) is 0. The summed E-state index contributed by atoms with van der Waals surface area (Å²) in [6.07, 6.45) is 2.04. The lowest BCUT2D eigenvalue weighted by Crippen LogP contribution is -2.18. The first kappa shape index (κ1) is 8.23. The highest BCUT2D eigenvalue weighted by atomic mass is 16.5. The van der Waals surface area contributed by atoms with Gasteiger partial charge in [-0.2, -0.15) is 0 Å². The van der Waals surface area contributed by atoms with E-state index in [9.17, 15) is 10.2 Å². The highest BCUT2D eigenvalue weighted by Crippen LogP contribution is 2.36. The van der Waals surface area contributed by atoms with Crippen LogP contribution in [-0.4, -0.2) is 16.3 Å². The quantitative estimate of drug-likeness (QED) is 0.598. The molecule has 0 amide bonds. The summed E-state index contributed by atoms with van der Waals surface area (Å²) in [5, 5.41) is 18.5. The lowest BCUT2D eigenvalue weighted by atomic mass is 10.0. The standard InChI is InChI=1S/C10H12O3/c1-6-2-3-7-4-8(11)9(12)5-10(7)13-6/h4-6,11-12H,2-3H2,1H3. The van der Waals surface area contributed by atoms with Crippen LogP contribution in [0.2, 0.25) is 0 Å². The second-order valence-electron chi connectivity index (χ2n) is 3.42. The van der Waals surface area contributed by atoms with Gasteiger partial charge in [0.05, 0.1) is 6.10 Å². The maximum Gasteiger partial charge on any atom is 0.161 e. The summed E-state index contributed by atoms with van der Waals surface area (Å²) in [5.74, 6) is 0.499. The smallest absolute Gasteiger partial charge is 0.161 e. The molecule has 2 N–H and O–H groups in total. The van der Waals surface area contributed by atoms with E-state index >= 15 is 0 Å². The second kappa shape index (κ2) is 2.83. The summed E-state index contributed by atoms with van der Waals surface area (Å²) in [6, 6.07) is 3.04. The van der Waals surface area contributed by atoms with Crippen LogP contribution >= 0.6 is 0 Å². The Morgan fingerprint density at radius 1 is 1.31 bits per heavy atom. The number of ether oxygens (including phenoxy) is 1. The number of fused-ring (bicyclic) bond motifs is 1. The normalized spacial score (nSPS) is 20.5. The Labute approximate surface area is 76.6 Å². The van der Waals surface area contributed by atoms with Gasteiger partial charge in [0.25, 0.3) is 0 Å². The molecule has 1 aromatic carbocycles. The molecule has 3 nitrogen and oxygen atoms in total. The fraction of sp³-hybridized carbons (Fsp3) is 0.400. The maximum atomic E-state index is 9.24. The van der Waals surface area contributed by atoms with Gasteiger partial charge in [0, 0.05) is 6.07 Å². The first-order chi connectivity index (χ1) is 6.16. The Morgan fingerprint density at radius 3 is 2.77 bits per heavy atom. The lowest BCUT2D eigenvalue weighted by Gasteiger charge is -2.23. The van der Waals surface area contributed by atoms with Gasteiger partial charge in [-0.05, 0) is 31.4 Å². The molecule has 1 heterocycles. The van der Waals surface area contributed by atoms with E-state index in [2.05, 4.69) is 0 Å². The fourth-order valence-corrected chi connectivity index (χ4v) is 1.54. The van der Waals surface area contributed by atoms with Crippen LogP contribution in [0.25, 0.3) is 0 Å². The molecular weight excluding hydrogens is 168 g/mol. The van der Waals surface area contributed by atoms with Crippen molar-refractivity contribution in [3.05, 3.63) is 17.7 Å². The fourth-order valence-electron chi connectivity index (χ4n) is 1.54. The summed E-state index contributed by atoms with van der Waals surface area (Å²) in [6.45, 7) is 1.99. The minimum absolute atomic E-state index is 0.0723. The van der Waals surface area contributed by atoms with Crippen molar-refractivity contribution >= 4 is 0 Å². The van der Waals surface area contributed by atoms with E-state index in [1.165, 1.54) is 6.07 Å². The maximum absolute atomic E-state index is 9.24. The predicted molar refractivity (Wildman–Crippen MR) is 48.2 cm³/mol. The van der Waals surface area contributed by atoms with Crippen molar-refractivity contribution in [2.75, 3.05) is 0 Å². The van der Waals surface area contributed by atoms with Crippen molar-refractivity contribution in [3.8, 4) is 17.2 Å². The molecule has 0 saturated heterocycles. The van der Waals surface area contributed by atoms with E-state index in [-0.39, 0.29) is 17.6 Å². The molecular formula is C10H12O3. The van der Waals surface area contributed by atoms with Gasteiger partial charge in [-0.3, -0.25) is 0 Å². The van der Waals surface area contributed by atoms with Gasteiger partial charge in [0.15, 0.2) is 11.5 Å². The summed E-state index contributed by atoms with van der Waals surface area (Å²) in [5.41, 5.74) is 0.966. The molecule has 3 heteroatoms. The van der Waals surface area contributed by atoms with E-state index in [1.54, 1.807) is 6.07 Å². The number of rotatable bonds is 0. The van der Waals surface area contributed by atoms with Crippen molar-refractivity contribution in [3.63, 3.8) is 0 Å². The highest BCUT2D eigenvalue weighted by Gasteiger charge is 2.17.